The summed E-state index contributed by atoms with van der Waals surface area (Å²) in [6.07, 6.45) is 0. The number of anilines is 1. The summed E-state index contributed by atoms with van der Waals surface area (Å²) < 4.78 is 6.84. The van der Waals surface area contributed by atoms with E-state index in [0.717, 1.165) is 27.1 Å². The molecule has 0 atom stereocenters. The van der Waals surface area contributed by atoms with Crippen LogP contribution in [-0.2, 0) is 0 Å². The lowest BCUT2D eigenvalue weighted by Crippen LogP contribution is -2.14. The molecule has 0 bridgehead atoms. The molecule has 4 rings (SSSR count). The molecule has 0 saturated heterocycles. The number of benzene rings is 3. The van der Waals surface area contributed by atoms with Crippen LogP contribution in [0.5, 0.6) is 5.75 Å². The number of hydrogen-bond acceptors (Lipinski definition) is 4. The Morgan fingerprint density at radius 3 is 2.33 bits per heavy atom. The second-order valence-electron chi connectivity index (χ2n) is 7.11. The van der Waals surface area contributed by atoms with Crippen LogP contribution >= 0.6 is 44.9 Å². The number of carbonyl (C=O) groups is 1. The fourth-order valence-corrected chi connectivity index (χ4v) is 4.44. The third kappa shape index (κ3) is 4.99. The number of hydrogen-bond donors (Lipinski definition) is 1. The topological polar surface area (TPSA) is 56.1 Å². The highest BCUT2D eigenvalue weighted by atomic mass is 35.7. The summed E-state index contributed by atoms with van der Waals surface area (Å²) in [5.74, 6) is 0.363. The van der Waals surface area contributed by atoms with Gasteiger partial charge in [-0.3, -0.25) is 4.79 Å². The Balaban J connectivity index is 1.80. The van der Waals surface area contributed by atoms with Gasteiger partial charge in [0.2, 0.25) is 0 Å². The van der Waals surface area contributed by atoms with E-state index in [0.29, 0.717) is 32.7 Å². The van der Waals surface area contributed by atoms with Gasteiger partial charge in [0.05, 0.1) is 23.5 Å². The molecular formula is C24H18Cl3N3O2S. The molecule has 1 amide bonds. The summed E-state index contributed by atoms with van der Waals surface area (Å²) in [6.45, 7) is 1.86. The van der Waals surface area contributed by atoms with Crippen LogP contribution in [0.25, 0.3) is 16.9 Å². The molecule has 9 heteroatoms. The van der Waals surface area contributed by atoms with Crippen molar-refractivity contribution >= 4 is 56.5 Å². The molecule has 0 radical (unpaired) electrons. The predicted molar refractivity (Wildman–Crippen MR) is 136 cm³/mol. The maximum atomic E-state index is 13.2. The second-order valence-corrected chi connectivity index (χ2v) is 9.05. The molecule has 5 nitrogen and oxygen atoms in total. The molecule has 0 fully saturated rings. The van der Waals surface area contributed by atoms with Crippen molar-refractivity contribution in [1.29, 1.82) is 0 Å². The number of ether oxygens (including phenoxy) is 1. The molecule has 1 N–H and O–H groups in total. The van der Waals surface area contributed by atoms with E-state index in [1.165, 1.54) is 0 Å². The van der Waals surface area contributed by atoms with E-state index in [9.17, 15) is 4.79 Å². The average Bonchev–Trinajstić information content (AvgIpc) is 3.16. The predicted octanol–water partition coefficient (Wildman–Crippen LogP) is 7.66. The summed E-state index contributed by atoms with van der Waals surface area (Å²) in [6, 6.07) is 19.9. The van der Waals surface area contributed by atoms with Gasteiger partial charge >= 0.3 is 0 Å². The Labute approximate surface area is 210 Å². The van der Waals surface area contributed by atoms with Crippen molar-refractivity contribution in [2.75, 3.05) is 12.4 Å². The highest BCUT2D eigenvalue weighted by Gasteiger charge is 2.23. The van der Waals surface area contributed by atoms with Crippen LogP contribution in [0.2, 0.25) is 10.0 Å². The molecule has 0 aliphatic carbocycles. The van der Waals surface area contributed by atoms with Crippen molar-refractivity contribution in [1.82, 2.24) is 9.78 Å². The number of rotatable bonds is 6. The van der Waals surface area contributed by atoms with Crippen molar-refractivity contribution < 1.29 is 9.53 Å². The molecule has 4 aromatic rings. The summed E-state index contributed by atoms with van der Waals surface area (Å²) in [4.78, 5) is 14.1. The Morgan fingerprint density at radius 2 is 1.73 bits per heavy atom. The minimum absolute atomic E-state index is 0.280. The molecule has 0 spiro atoms. The summed E-state index contributed by atoms with van der Waals surface area (Å²) in [7, 11) is 8.59. The van der Waals surface area contributed by atoms with Crippen molar-refractivity contribution in [2.24, 2.45) is 0 Å². The van der Waals surface area contributed by atoms with Crippen LogP contribution in [0, 0.1) is 6.92 Å². The molecule has 3 aromatic carbocycles. The van der Waals surface area contributed by atoms with Crippen LogP contribution < -0.4 is 10.1 Å². The van der Waals surface area contributed by atoms with Gasteiger partial charge in [-0.25, -0.2) is 4.68 Å². The number of methoxy groups -OCH3 is 1. The fraction of sp³-hybridized carbons (Fsp3) is 0.0833. The molecule has 1 aromatic heterocycles. The number of nitrogens with zero attached hydrogens (tertiary/aromatic N) is 2. The zero-order valence-electron chi connectivity index (χ0n) is 17.6. The standard InChI is InChI=1S/C24H18Cl3N3O2S/c1-14-22(24(31)28-17-6-8-18(32-2)9-7-17)29-30(21-12-5-16(25)13-20(21)26)23(14)15-3-10-19(33-27)11-4-15/h3-13H,1-2H3,(H,28,31). The van der Waals surface area contributed by atoms with Crippen LogP contribution in [0.15, 0.2) is 71.6 Å². The van der Waals surface area contributed by atoms with Crippen LogP contribution in [-0.4, -0.2) is 22.8 Å². The Kier molecular flexibility index (Phi) is 7.20. The van der Waals surface area contributed by atoms with Gasteiger partial charge in [-0.15, -0.1) is 0 Å². The lowest BCUT2D eigenvalue weighted by Gasteiger charge is -2.11. The minimum Gasteiger partial charge on any atom is -0.497 e. The van der Waals surface area contributed by atoms with Gasteiger partial charge in [-0.1, -0.05) is 35.3 Å². The van der Waals surface area contributed by atoms with Gasteiger partial charge in [-0.2, -0.15) is 5.10 Å². The van der Waals surface area contributed by atoms with E-state index in [-0.39, 0.29) is 11.6 Å². The minimum atomic E-state index is -0.337. The Morgan fingerprint density at radius 1 is 1.03 bits per heavy atom. The normalized spacial score (nSPS) is 10.8. The van der Waals surface area contributed by atoms with Gasteiger partial charge in [-0.05, 0) is 83.2 Å². The second kappa shape index (κ2) is 10.1. The zero-order valence-corrected chi connectivity index (χ0v) is 20.7. The molecular weight excluding hydrogens is 501 g/mol. The third-order valence-electron chi connectivity index (χ3n) is 5.04. The van der Waals surface area contributed by atoms with Crippen molar-refractivity contribution in [3.8, 4) is 22.7 Å². The Hall–Kier alpha value is -2.64. The first-order chi connectivity index (χ1) is 15.9. The average molecular weight is 519 g/mol. The van der Waals surface area contributed by atoms with Gasteiger partial charge in [0.1, 0.15) is 5.75 Å². The van der Waals surface area contributed by atoms with Crippen molar-refractivity contribution in [2.45, 2.75) is 11.8 Å². The largest absolute Gasteiger partial charge is 0.497 e. The molecule has 168 valence electrons. The van der Waals surface area contributed by atoms with Crippen LogP contribution in [0.3, 0.4) is 0 Å². The maximum absolute atomic E-state index is 13.2. The first-order valence-electron chi connectivity index (χ1n) is 9.80. The first-order valence-corrected chi connectivity index (χ1v) is 12.2. The molecule has 1 heterocycles. The Bertz CT molecular complexity index is 1310. The SMILES string of the molecule is COc1ccc(NC(=O)c2nn(-c3ccc(Cl)cc3Cl)c(-c3ccc(SCl)cc3)c2C)cc1. The number of carbonyl (C=O) groups excluding carboxylic acids is 1. The van der Waals surface area contributed by atoms with Gasteiger partial charge in [0.15, 0.2) is 5.69 Å². The maximum Gasteiger partial charge on any atom is 0.276 e. The lowest BCUT2D eigenvalue weighted by molar-refractivity contribution is 0.102. The zero-order chi connectivity index (χ0) is 23.5. The summed E-state index contributed by atoms with van der Waals surface area (Å²) in [5.41, 5.74) is 3.83. The van der Waals surface area contributed by atoms with Crippen LogP contribution in [0.4, 0.5) is 5.69 Å². The smallest absolute Gasteiger partial charge is 0.276 e. The highest BCUT2D eigenvalue weighted by molar-refractivity contribution is 8.21. The van der Waals surface area contributed by atoms with Gasteiger partial charge in [0, 0.05) is 26.7 Å². The number of nitrogens with one attached hydrogen (secondary N) is 1. The van der Waals surface area contributed by atoms with E-state index in [4.69, 9.17) is 38.6 Å². The van der Waals surface area contributed by atoms with E-state index in [2.05, 4.69) is 10.4 Å². The molecule has 0 aliphatic heterocycles. The fourth-order valence-electron chi connectivity index (χ4n) is 3.41. The van der Waals surface area contributed by atoms with E-state index in [1.807, 2.05) is 31.2 Å². The molecule has 33 heavy (non-hydrogen) atoms. The molecule has 0 saturated carbocycles. The van der Waals surface area contributed by atoms with E-state index >= 15 is 0 Å². The lowest BCUT2D eigenvalue weighted by atomic mass is 10.1. The van der Waals surface area contributed by atoms with Crippen molar-refractivity contribution in [3.05, 3.63) is 88.0 Å². The first kappa shape index (κ1) is 23.5. The van der Waals surface area contributed by atoms with Gasteiger partial charge < -0.3 is 10.1 Å². The summed E-state index contributed by atoms with van der Waals surface area (Å²) >= 11 is 12.6. The molecule has 0 unspecified atom stereocenters. The number of amides is 1. The van der Waals surface area contributed by atoms with Crippen LogP contribution in [0.1, 0.15) is 16.1 Å². The van der Waals surface area contributed by atoms with Gasteiger partial charge in [0.25, 0.3) is 5.91 Å². The highest BCUT2D eigenvalue weighted by Crippen LogP contribution is 2.34. The third-order valence-corrected chi connectivity index (χ3v) is 6.56. The van der Waals surface area contributed by atoms with E-state index in [1.54, 1.807) is 54.3 Å². The number of aromatic nitrogens is 2. The quantitative estimate of drug-likeness (QED) is 0.285. The number of halogens is 3. The van der Waals surface area contributed by atoms with Crippen molar-refractivity contribution in [3.63, 3.8) is 0 Å². The summed E-state index contributed by atoms with van der Waals surface area (Å²) in [5, 5.41) is 8.46. The van der Waals surface area contributed by atoms with E-state index < -0.39 is 0 Å². The molecule has 0 aliphatic rings. The monoisotopic (exact) mass is 517 g/mol.